The normalized spacial score (nSPS) is 14.5. The van der Waals surface area contributed by atoms with E-state index in [2.05, 4.69) is 79.1 Å². The van der Waals surface area contributed by atoms with E-state index in [0.29, 0.717) is 12.8 Å². The van der Waals surface area contributed by atoms with Gasteiger partial charge in [-0.1, -0.05) is 164 Å². The third-order valence-corrected chi connectivity index (χ3v) is 9.43. The number of carboxylic acids is 1. The monoisotopic (exact) mass is 808 g/mol. The van der Waals surface area contributed by atoms with Crippen molar-refractivity contribution >= 4 is 25.7 Å². The maximum absolute atomic E-state index is 12.6. The van der Waals surface area contributed by atoms with Crippen molar-refractivity contribution in [2.45, 2.75) is 167 Å². The van der Waals surface area contributed by atoms with Gasteiger partial charge >= 0.3 is 25.7 Å². The summed E-state index contributed by atoms with van der Waals surface area (Å²) in [5.41, 5.74) is 5.32. The molecular weight excluding hydrogens is 733 g/mol. The number of nitrogens with two attached hydrogens (primary N) is 1. The SMILES string of the molecule is CC/C=C/C/C=C/C/C=C/C/C=C/C/C=C/C/C=C/CCC(=O)OC[C@@H](COP(=O)(O)OC[C@@H](N)C(=O)O)OC(=O)CCCCCCCCCCCCCCC. The van der Waals surface area contributed by atoms with E-state index in [1.807, 2.05) is 12.2 Å². The molecule has 3 atom stereocenters. The first kappa shape index (κ1) is 52.9. The third-order valence-electron chi connectivity index (χ3n) is 8.48. The number of carboxylic acid groups (broad SMARTS) is 1. The highest BCUT2D eigenvalue weighted by Gasteiger charge is 2.28. The van der Waals surface area contributed by atoms with E-state index in [9.17, 15) is 23.8 Å². The molecule has 0 aliphatic rings. The number of phosphoric ester groups is 1. The second kappa shape index (κ2) is 38.8. The molecule has 0 aromatic heterocycles. The molecule has 0 bridgehead atoms. The Morgan fingerprint density at radius 2 is 1.00 bits per heavy atom. The molecule has 0 saturated heterocycles. The highest BCUT2D eigenvalue weighted by molar-refractivity contribution is 7.47. The lowest BCUT2D eigenvalue weighted by Gasteiger charge is -2.20. The molecule has 0 saturated carbocycles. The van der Waals surface area contributed by atoms with Crippen LogP contribution in [0.4, 0.5) is 0 Å². The van der Waals surface area contributed by atoms with Crippen LogP contribution in [0.25, 0.3) is 0 Å². The van der Waals surface area contributed by atoms with Crippen LogP contribution in [-0.2, 0) is 37.5 Å². The standard InChI is InChI=1S/C44H74NO10P/c1-3-5-7-9-11-13-15-17-18-19-20-21-22-24-25-27-29-31-33-35-42(46)52-37-40(38-53-56(50,51)54-39-41(45)44(48)49)55-43(47)36-34-32-30-28-26-23-16-14-12-10-8-6-4-2/h5,7,11,13,17-18,20-21,24-25,29,31,40-41H,3-4,6,8-10,12,14-16,19,22-23,26-28,30,32-39,45H2,1-2H3,(H,48,49)(H,50,51)/b7-5+,13-11+,18-17+,21-20+,25-24+,31-29+/t40-,41+/m0/s1. The molecule has 56 heavy (non-hydrogen) atoms. The maximum atomic E-state index is 12.6. The van der Waals surface area contributed by atoms with Crippen LogP contribution in [-0.4, -0.2) is 59.9 Å². The Kier molecular flexibility index (Phi) is 36.6. The Balaban J connectivity index is 4.51. The molecule has 0 aromatic rings. The smallest absolute Gasteiger partial charge is 0.472 e. The fourth-order valence-electron chi connectivity index (χ4n) is 5.21. The van der Waals surface area contributed by atoms with Crippen molar-refractivity contribution < 1.29 is 47.5 Å². The van der Waals surface area contributed by atoms with Crippen molar-refractivity contribution in [3.63, 3.8) is 0 Å². The van der Waals surface area contributed by atoms with Gasteiger partial charge in [0.15, 0.2) is 6.10 Å². The summed E-state index contributed by atoms with van der Waals surface area (Å²) in [5.74, 6) is -2.49. The summed E-state index contributed by atoms with van der Waals surface area (Å²) >= 11 is 0. The van der Waals surface area contributed by atoms with Gasteiger partial charge < -0.3 is 25.2 Å². The van der Waals surface area contributed by atoms with Crippen molar-refractivity contribution in [2.24, 2.45) is 5.73 Å². The molecule has 1 unspecified atom stereocenters. The summed E-state index contributed by atoms with van der Waals surface area (Å²) < 4.78 is 32.6. The summed E-state index contributed by atoms with van der Waals surface area (Å²) in [6.07, 6.45) is 45.5. The summed E-state index contributed by atoms with van der Waals surface area (Å²) in [5, 5.41) is 8.88. The molecule has 11 nitrogen and oxygen atoms in total. The molecule has 0 radical (unpaired) electrons. The minimum atomic E-state index is -4.73. The number of phosphoric acid groups is 1. The van der Waals surface area contributed by atoms with E-state index >= 15 is 0 Å². The Hall–Kier alpha value is -3.08. The lowest BCUT2D eigenvalue weighted by molar-refractivity contribution is -0.161. The van der Waals surface area contributed by atoms with Crippen LogP contribution in [0.1, 0.15) is 155 Å². The summed E-state index contributed by atoms with van der Waals surface area (Å²) in [6.45, 7) is 2.59. The van der Waals surface area contributed by atoms with Gasteiger partial charge in [0, 0.05) is 12.8 Å². The van der Waals surface area contributed by atoms with E-state index in [4.69, 9.17) is 24.8 Å². The molecule has 0 aromatic carbocycles. The molecule has 320 valence electrons. The molecule has 12 heteroatoms. The zero-order valence-electron chi connectivity index (χ0n) is 34.4. The Morgan fingerprint density at radius 1 is 0.571 bits per heavy atom. The number of hydrogen-bond donors (Lipinski definition) is 3. The number of esters is 2. The molecule has 0 aliphatic carbocycles. The predicted octanol–water partition coefficient (Wildman–Crippen LogP) is 10.9. The first-order chi connectivity index (χ1) is 27.1. The zero-order chi connectivity index (χ0) is 41.4. The fraction of sp³-hybridized carbons (Fsp3) is 0.659. The number of unbranched alkanes of at least 4 members (excludes halogenated alkanes) is 12. The summed E-state index contributed by atoms with van der Waals surface area (Å²) in [6, 6.07) is -1.53. The fourth-order valence-corrected chi connectivity index (χ4v) is 5.99. The lowest BCUT2D eigenvalue weighted by atomic mass is 10.0. The van der Waals surface area contributed by atoms with E-state index in [0.717, 1.165) is 57.8 Å². The maximum Gasteiger partial charge on any atom is 0.472 e. The lowest BCUT2D eigenvalue weighted by Crippen LogP contribution is -2.34. The van der Waals surface area contributed by atoms with Gasteiger partial charge in [-0.15, -0.1) is 0 Å². The first-order valence-electron chi connectivity index (χ1n) is 21.0. The third kappa shape index (κ3) is 37.8. The second-order valence-electron chi connectivity index (χ2n) is 13.7. The average Bonchev–Trinajstić information content (AvgIpc) is 3.17. The summed E-state index contributed by atoms with van der Waals surface area (Å²) in [4.78, 5) is 45.8. The number of aliphatic carboxylic acids is 1. The van der Waals surface area contributed by atoms with Gasteiger partial charge in [0.2, 0.25) is 0 Å². The van der Waals surface area contributed by atoms with Gasteiger partial charge in [0.25, 0.3) is 0 Å². The predicted molar refractivity (Wildman–Crippen MR) is 226 cm³/mol. The van der Waals surface area contributed by atoms with Gasteiger partial charge in [-0.3, -0.25) is 23.4 Å². The van der Waals surface area contributed by atoms with Crippen LogP contribution < -0.4 is 5.73 Å². The Bertz CT molecular complexity index is 1230. The van der Waals surface area contributed by atoms with E-state index in [-0.39, 0.29) is 19.4 Å². The van der Waals surface area contributed by atoms with Crippen LogP contribution in [0.2, 0.25) is 0 Å². The van der Waals surface area contributed by atoms with E-state index in [1.165, 1.54) is 57.8 Å². The first-order valence-corrected chi connectivity index (χ1v) is 22.5. The number of allylic oxidation sites excluding steroid dienone is 12. The number of ether oxygens (including phenoxy) is 2. The highest BCUT2D eigenvalue weighted by atomic mass is 31.2. The molecule has 0 fully saturated rings. The largest absolute Gasteiger partial charge is 0.480 e. The molecular formula is C44H74NO10P. The van der Waals surface area contributed by atoms with Gasteiger partial charge in [-0.05, 0) is 51.4 Å². The van der Waals surface area contributed by atoms with Gasteiger partial charge in [-0.25, -0.2) is 4.57 Å². The molecule has 4 N–H and O–H groups in total. The van der Waals surface area contributed by atoms with Crippen molar-refractivity contribution in [3.8, 4) is 0 Å². The minimum Gasteiger partial charge on any atom is -0.480 e. The molecule has 0 aliphatic heterocycles. The van der Waals surface area contributed by atoms with Crippen molar-refractivity contribution in [1.82, 2.24) is 0 Å². The van der Waals surface area contributed by atoms with Crippen molar-refractivity contribution in [3.05, 3.63) is 72.9 Å². The zero-order valence-corrected chi connectivity index (χ0v) is 35.3. The van der Waals surface area contributed by atoms with Crippen LogP contribution >= 0.6 is 7.82 Å². The van der Waals surface area contributed by atoms with Crippen LogP contribution in [0.5, 0.6) is 0 Å². The van der Waals surface area contributed by atoms with E-state index in [1.54, 1.807) is 0 Å². The Labute approximate surface area is 338 Å². The van der Waals surface area contributed by atoms with Crippen LogP contribution in [0, 0.1) is 0 Å². The molecule has 0 heterocycles. The summed E-state index contributed by atoms with van der Waals surface area (Å²) in [7, 11) is -4.73. The number of rotatable bonds is 38. The highest BCUT2D eigenvalue weighted by Crippen LogP contribution is 2.43. The topological polar surface area (TPSA) is 172 Å². The average molecular weight is 808 g/mol. The molecule has 0 spiro atoms. The van der Waals surface area contributed by atoms with Crippen molar-refractivity contribution in [1.29, 1.82) is 0 Å². The van der Waals surface area contributed by atoms with Crippen molar-refractivity contribution in [2.75, 3.05) is 19.8 Å². The van der Waals surface area contributed by atoms with E-state index < -0.39 is 51.1 Å². The molecule has 0 rings (SSSR count). The number of hydrogen-bond acceptors (Lipinski definition) is 9. The van der Waals surface area contributed by atoms with Crippen LogP contribution in [0.3, 0.4) is 0 Å². The van der Waals surface area contributed by atoms with Crippen LogP contribution in [0.15, 0.2) is 72.9 Å². The van der Waals surface area contributed by atoms with Gasteiger partial charge in [0.05, 0.1) is 13.2 Å². The quantitative estimate of drug-likeness (QED) is 0.0235. The Morgan fingerprint density at radius 3 is 1.46 bits per heavy atom. The molecule has 0 amide bonds. The van der Waals surface area contributed by atoms with Gasteiger partial charge in [0.1, 0.15) is 12.6 Å². The number of carbonyl (C=O) groups is 3. The number of carbonyl (C=O) groups excluding carboxylic acids is 2. The minimum absolute atomic E-state index is 0.0946. The van der Waals surface area contributed by atoms with Gasteiger partial charge in [-0.2, -0.15) is 0 Å². The second-order valence-corrected chi connectivity index (χ2v) is 15.2.